The van der Waals surface area contributed by atoms with E-state index in [9.17, 15) is 4.79 Å². The molecule has 1 aromatic carbocycles. The van der Waals surface area contributed by atoms with Gasteiger partial charge in [0.15, 0.2) is 0 Å². The fraction of sp³-hybridized carbons (Fsp3) is 0.462. The van der Waals surface area contributed by atoms with Gasteiger partial charge >= 0.3 is 0 Å². The van der Waals surface area contributed by atoms with Gasteiger partial charge in [-0.3, -0.25) is 4.79 Å². The normalized spacial score (nSPS) is 10.2. The van der Waals surface area contributed by atoms with Crippen molar-refractivity contribution in [2.45, 2.75) is 13.8 Å². The van der Waals surface area contributed by atoms with Crippen LogP contribution in [0.1, 0.15) is 24.2 Å². The first-order valence-electron chi connectivity index (χ1n) is 5.85. The number of hydrogen-bond acceptors (Lipinski definition) is 3. The lowest BCUT2D eigenvalue weighted by atomic mass is 10.2. The summed E-state index contributed by atoms with van der Waals surface area (Å²) in [4.78, 5) is 13.8. The van der Waals surface area contributed by atoms with Crippen LogP contribution in [0.4, 0.5) is 0 Å². The van der Waals surface area contributed by atoms with Crippen LogP contribution in [0.3, 0.4) is 0 Å². The molecule has 1 N–H and O–H groups in total. The molecule has 0 aromatic heterocycles. The van der Waals surface area contributed by atoms with Crippen molar-refractivity contribution < 1.29 is 14.6 Å². The van der Waals surface area contributed by atoms with Crippen molar-refractivity contribution in [1.29, 1.82) is 0 Å². The summed E-state index contributed by atoms with van der Waals surface area (Å²) >= 11 is 0. The third-order valence-electron chi connectivity index (χ3n) is 2.49. The third-order valence-corrected chi connectivity index (χ3v) is 2.49. The number of phenolic OH excluding ortho intramolecular Hbond substituents is 1. The smallest absolute Gasteiger partial charge is 0.253 e. The molecule has 1 aromatic rings. The summed E-state index contributed by atoms with van der Waals surface area (Å²) in [7, 11) is 0. The average molecular weight is 237 g/mol. The summed E-state index contributed by atoms with van der Waals surface area (Å²) in [5.41, 5.74) is 0.584. The summed E-state index contributed by atoms with van der Waals surface area (Å²) in [6, 6.07) is 6.29. The number of aromatic hydroxyl groups is 1. The second-order valence-electron chi connectivity index (χ2n) is 3.63. The summed E-state index contributed by atoms with van der Waals surface area (Å²) in [6.07, 6.45) is 0. The van der Waals surface area contributed by atoms with E-state index in [0.29, 0.717) is 31.9 Å². The highest BCUT2D eigenvalue weighted by molar-refractivity contribution is 5.94. The second-order valence-corrected chi connectivity index (χ2v) is 3.63. The number of carbonyl (C=O) groups excluding carboxylic acids is 1. The predicted molar refractivity (Wildman–Crippen MR) is 66.2 cm³/mol. The van der Waals surface area contributed by atoms with E-state index >= 15 is 0 Å². The van der Waals surface area contributed by atoms with Gasteiger partial charge < -0.3 is 14.7 Å². The zero-order chi connectivity index (χ0) is 12.7. The number of benzene rings is 1. The molecule has 0 spiro atoms. The third kappa shape index (κ3) is 4.07. The van der Waals surface area contributed by atoms with Gasteiger partial charge in [0.2, 0.25) is 0 Å². The van der Waals surface area contributed by atoms with Crippen LogP contribution in [0.5, 0.6) is 5.75 Å². The molecule has 0 saturated heterocycles. The monoisotopic (exact) mass is 237 g/mol. The molecule has 17 heavy (non-hydrogen) atoms. The minimum Gasteiger partial charge on any atom is -0.508 e. The highest BCUT2D eigenvalue weighted by atomic mass is 16.5. The maximum Gasteiger partial charge on any atom is 0.253 e. The van der Waals surface area contributed by atoms with E-state index in [1.165, 1.54) is 12.1 Å². The summed E-state index contributed by atoms with van der Waals surface area (Å²) in [6.45, 7) is 6.30. The van der Waals surface area contributed by atoms with E-state index in [4.69, 9.17) is 9.84 Å². The average Bonchev–Trinajstić information content (AvgIpc) is 2.35. The zero-order valence-corrected chi connectivity index (χ0v) is 10.3. The maximum atomic E-state index is 12.1. The Morgan fingerprint density at radius 3 is 2.47 bits per heavy atom. The molecular formula is C13H19NO3. The van der Waals surface area contributed by atoms with Gasteiger partial charge in [0.1, 0.15) is 5.75 Å². The van der Waals surface area contributed by atoms with Crippen LogP contribution in [-0.2, 0) is 4.74 Å². The molecule has 1 amide bonds. The first-order valence-corrected chi connectivity index (χ1v) is 5.85. The van der Waals surface area contributed by atoms with Gasteiger partial charge in [0, 0.05) is 25.3 Å². The molecule has 0 radical (unpaired) electrons. The molecule has 0 aliphatic rings. The predicted octanol–water partition coefficient (Wildman–Crippen LogP) is 1.89. The Morgan fingerprint density at radius 1 is 1.29 bits per heavy atom. The molecule has 0 heterocycles. The van der Waals surface area contributed by atoms with Crippen LogP contribution >= 0.6 is 0 Å². The highest BCUT2D eigenvalue weighted by Gasteiger charge is 2.13. The van der Waals surface area contributed by atoms with Crippen molar-refractivity contribution >= 4 is 5.91 Å². The first-order chi connectivity index (χ1) is 8.19. The minimum absolute atomic E-state index is 0.0350. The van der Waals surface area contributed by atoms with Crippen molar-refractivity contribution in [1.82, 2.24) is 4.90 Å². The SMILES string of the molecule is CCOCCN(CC)C(=O)c1ccc(O)cc1. The number of amides is 1. The number of hydrogen-bond donors (Lipinski definition) is 1. The molecule has 0 fully saturated rings. The number of likely N-dealkylation sites (N-methyl/N-ethyl adjacent to an activating group) is 1. The number of ether oxygens (including phenoxy) is 1. The lowest BCUT2D eigenvalue weighted by Gasteiger charge is -2.20. The number of nitrogens with zero attached hydrogens (tertiary/aromatic N) is 1. The largest absolute Gasteiger partial charge is 0.508 e. The zero-order valence-electron chi connectivity index (χ0n) is 10.3. The molecule has 94 valence electrons. The van der Waals surface area contributed by atoms with Crippen molar-refractivity contribution in [3.8, 4) is 5.75 Å². The Labute approximate surface area is 102 Å². The summed E-state index contributed by atoms with van der Waals surface area (Å²) in [5, 5.41) is 9.16. The van der Waals surface area contributed by atoms with E-state index < -0.39 is 0 Å². The quantitative estimate of drug-likeness (QED) is 0.769. The van der Waals surface area contributed by atoms with Crippen LogP contribution in [-0.4, -0.2) is 42.2 Å². The maximum absolute atomic E-state index is 12.1. The Morgan fingerprint density at radius 2 is 1.94 bits per heavy atom. The standard InChI is InChI=1S/C13H19NO3/c1-3-14(9-10-17-4-2)13(16)11-5-7-12(15)8-6-11/h5-8,15H,3-4,9-10H2,1-2H3. The van der Waals surface area contributed by atoms with Crippen molar-refractivity contribution in [2.24, 2.45) is 0 Å². The Bertz CT molecular complexity index is 348. The van der Waals surface area contributed by atoms with Gasteiger partial charge in [-0.1, -0.05) is 0 Å². The lowest BCUT2D eigenvalue weighted by Crippen LogP contribution is -2.33. The molecule has 0 aliphatic heterocycles. The molecule has 1 rings (SSSR count). The Kier molecular flexibility index (Phi) is 5.49. The van der Waals surface area contributed by atoms with Crippen molar-refractivity contribution in [2.75, 3.05) is 26.3 Å². The minimum atomic E-state index is -0.0350. The van der Waals surface area contributed by atoms with Gasteiger partial charge in [-0.2, -0.15) is 0 Å². The van der Waals surface area contributed by atoms with Gasteiger partial charge in [0.05, 0.1) is 6.61 Å². The van der Waals surface area contributed by atoms with Gasteiger partial charge in [-0.05, 0) is 38.1 Å². The molecule has 0 bridgehead atoms. The van der Waals surface area contributed by atoms with E-state index in [1.54, 1.807) is 17.0 Å². The lowest BCUT2D eigenvalue weighted by molar-refractivity contribution is 0.0669. The summed E-state index contributed by atoms with van der Waals surface area (Å²) < 4.78 is 5.24. The van der Waals surface area contributed by atoms with Crippen LogP contribution in [0, 0.1) is 0 Å². The fourth-order valence-corrected chi connectivity index (χ4v) is 1.51. The van der Waals surface area contributed by atoms with Gasteiger partial charge in [-0.25, -0.2) is 0 Å². The van der Waals surface area contributed by atoms with Crippen LogP contribution < -0.4 is 0 Å². The molecule has 0 unspecified atom stereocenters. The van der Waals surface area contributed by atoms with Crippen molar-refractivity contribution in [3.63, 3.8) is 0 Å². The first kappa shape index (κ1) is 13.5. The van der Waals surface area contributed by atoms with Gasteiger partial charge in [-0.15, -0.1) is 0 Å². The van der Waals surface area contributed by atoms with E-state index in [-0.39, 0.29) is 11.7 Å². The molecular weight excluding hydrogens is 218 g/mol. The number of phenols is 1. The second kappa shape index (κ2) is 6.91. The Balaban J connectivity index is 2.62. The van der Waals surface area contributed by atoms with E-state index in [1.807, 2.05) is 13.8 Å². The number of carbonyl (C=O) groups is 1. The van der Waals surface area contributed by atoms with Crippen LogP contribution in [0.25, 0.3) is 0 Å². The number of rotatable bonds is 6. The molecule has 4 nitrogen and oxygen atoms in total. The fourth-order valence-electron chi connectivity index (χ4n) is 1.51. The summed E-state index contributed by atoms with van der Waals surface area (Å²) in [5.74, 6) is 0.131. The molecule has 0 atom stereocenters. The van der Waals surface area contributed by atoms with Crippen LogP contribution in [0.2, 0.25) is 0 Å². The van der Waals surface area contributed by atoms with Crippen molar-refractivity contribution in [3.05, 3.63) is 29.8 Å². The van der Waals surface area contributed by atoms with E-state index in [0.717, 1.165) is 0 Å². The van der Waals surface area contributed by atoms with E-state index in [2.05, 4.69) is 0 Å². The van der Waals surface area contributed by atoms with Crippen LogP contribution in [0.15, 0.2) is 24.3 Å². The molecule has 4 heteroatoms. The topological polar surface area (TPSA) is 49.8 Å². The van der Waals surface area contributed by atoms with Gasteiger partial charge in [0.25, 0.3) is 5.91 Å². The Hall–Kier alpha value is -1.55. The molecule has 0 aliphatic carbocycles. The molecule has 0 saturated carbocycles. The highest BCUT2D eigenvalue weighted by Crippen LogP contribution is 2.11.